The van der Waals surface area contributed by atoms with Crippen molar-refractivity contribution in [1.82, 2.24) is 0 Å². The van der Waals surface area contributed by atoms with Gasteiger partial charge in [0.15, 0.2) is 0 Å². The summed E-state index contributed by atoms with van der Waals surface area (Å²) < 4.78 is 0. The van der Waals surface area contributed by atoms with Crippen LogP contribution in [0.25, 0.3) is 0 Å². The lowest BCUT2D eigenvalue weighted by atomic mass is 9.92. The van der Waals surface area contributed by atoms with Gasteiger partial charge in [-0.3, -0.25) is 4.79 Å². The SMILES string of the molecule is Nc1ccc(C[C@@H](C(=O)O)c2ccccc2)cc1. The Kier molecular flexibility index (Phi) is 3.63. The zero-order chi connectivity index (χ0) is 13.0. The first kappa shape index (κ1) is 12.2. The zero-order valence-electron chi connectivity index (χ0n) is 9.91. The molecule has 2 rings (SSSR count). The van der Waals surface area contributed by atoms with Crippen LogP contribution >= 0.6 is 0 Å². The first-order valence-corrected chi connectivity index (χ1v) is 5.79. The molecule has 0 fully saturated rings. The second-order valence-corrected chi connectivity index (χ2v) is 4.25. The largest absolute Gasteiger partial charge is 0.481 e. The van der Waals surface area contributed by atoms with E-state index >= 15 is 0 Å². The van der Waals surface area contributed by atoms with Crippen molar-refractivity contribution < 1.29 is 9.90 Å². The van der Waals surface area contributed by atoms with Gasteiger partial charge in [0.1, 0.15) is 0 Å². The first-order chi connectivity index (χ1) is 8.66. The molecule has 0 spiro atoms. The minimum atomic E-state index is -0.807. The molecule has 0 aliphatic carbocycles. The highest BCUT2D eigenvalue weighted by atomic mass is 16.4. The molecule has 0 amide bonds. The molecule has 0 unspecified atom stereocenters. The van der Waals surface area contributed by atoms with E-state index in [4.69, 9.17) is 5.73 Å². The molecule has 0 aromatic heterocycles. The summed E-state index contributed by atoms with van der Waals surface area (Å²) in [5.74, 6) is -1.33. The van der Waals surface area contributed by atoms with Crippen molar-refractivity contribution in [3.63, 3.8) is 0 Å². The molecule has 2 aromatic rings. The first-order valence-electron chi connectivity index (χ1n) is 5.79. The summed E-state index contributed by atoms with van der Waals surface area (Å²) in [6.07, 6.45) is 0.472. The van der Waals surface area contributed by atoms with Crippen molar-refractivity contribution in [2.24, 2.45) is 0 Å². The van der Waals surface area contributed by atoms with Gasteiger partial charge in [0.25, 0.3) is 0 Å². The van der Waals surface area contributed by atoms with Gasteiger partial charge in [-0.15, -0.1) is 0 Å². The van der Waals surface area contributed by atoms with E-state index in [1.165, 1.54) is 0 Å². The summed E-state index contributed by atoms with van der Waals surface area (Å²) in [7, 11) is 0. The molecular formula is C15H15NO2. The summed E-state index contributed by atoms with van der Waals surface area (Å²) in [6.45, 7) is 0. The van der Waals surface area contributed by atoms with Gasteiger partial charge in [-0.1, -0.05) is 42.5 Å². The molecule has 3 heteroatoms. The highest BCUT2D eigenvalue weighted by Gasteiger charge is 2.19. The third-order valence-corrected chi connectivity index (χ3v) is 2.92. The van der Waals surface area contributed by atoms with E-state index in [-0.39, 0.29) is 0 Å². The van der Waals surface area contributed by atoms with Crippen molar-refractivity contribution in [3.05, 3.63) is 65.7 Å². The third-order valence-electron chi connectivity index (χ3n) is 2.92. The summed E-state index contributed by atoms with van der Waals surface area (Å²) >= 11 is 0. The number of rotatable bonds is 4. The van der Waals surface area contributed by atoms with Crippen LogP contribution in [-0.4, -0.2) is 11.1 Å². The standard InChI is InChI=1S/C15H15NO2/c16-13-8-6-11(7-9-13)10-14(15(17)18)12-4-2-1-3-5-12/h1-9,14H,10,16H2,(H,17,18)/t14-/m1/s1. The maximum Gasteiger partial charge on any atom is 0.311 e. The van der Waals surface area contributed by atoms with Crippen molar-refractivity contribution in [3.8, 4) is 0 Å². The van der Waals surface area contributed by atoms with Crippen LogP contribution in [0.4, 0.5) is 5.69 Å². The van der Waals surface area contributed by atoms with E-state index in [0.29, 0.717) is 12.1 Å². The average molecular weight is 241 g/mol. The Hall–Kier alpha value is -2.29. The molecule has 0 bridgehead atoms. The van der Waals surface area contributed by atoms with E-state index in [1.54, 1.807) is 12.1 Å². The van der Waals surface area contributed by atoms with E-state index in [1.807, 2.05) is 42.5 Å². The Morgan fingerprint density at radius 1 is 1.06 bits per heavy atom. The van der Waals surface area contributed by atoms with Gasteiger partial charge in [-0.25, -0.2) is 0 Å². The van der Waals surface area contributed by atoms with Crippen LogP contribution in [-0.2, 0) is 11.2 Å². The predicted octanol–water partition coefficient (Wildman–Crippen LogP) is 2.68. The minimum absolute atomic E-state index is 0.472. The zero-order valence-corrected chi connectivity index (χ0v) is 9.91. The summed E-state index contributed by atoms with van der Waals surface area (Å²) in [4.78, 5) is 11.3. The van der Waals surface area contributed by atoms with Crippen LogP contribution < -0.4 is 5.73 Å². The number of nitrogen functional groups attached to an aromatic ring is 1. The van der Waals surface area contributed by atoms with Gasteiger partial charge in [-0.05, 0) is 29.7 Å². The number of anilines is 1. The number of carboxylic acids is 1. The maximum absolute atomic E-state index is 11.3. The molecule has 18 heavy (non-hydrogen) atoms. The van der Waals surface area contributed by atoms with Crippen LogP contribution in [0.1, 0.15) is 17.0 Å². The van der Waals surface area contributed by atoms with Gasteiger partial charge >= 0.3 is 5.97 Å². The number of benzene rings is 2. The van der Waals surface area contributed by atoms with Crippen LogP contribution in [0.5, 0.6) is 0 Å². The Balaban J connectivity index is 2.22. The highest BCUT2D eigenvalue weighted by molar-refractivity contribution is 5.76. The number of carbonyl (C=O) groups is 1. The smallest absolute Gasteiger partial charge is 0.311 e. The van der Waals surface area contributed by atoms with Crippen LogP contribution in [0.15, 0.2) is 54.6 Å². The lowest BCUT2D eigenvalue weighted by Crippen LogP contribution is -2.14. The molecule has 2 aromatic carbocycles. The molecule has 92 valence electrons. The molecule has 3 N–H and O–H groups in total. The molecule has 0 aliphatic heterocycles. The fraction of sp³-hybridized carbons (Fsp3) is 0.133. The van der Waals surface area contributed by atoms with Gasteiger partial charge in [0, 0.05) is 5.69 Å². The second-order valence-electron chi connectivity index (χ2n) is 4.25. The monoisotopic (exact) mass is 241 g/mol. The molecule has 0 saturated carbocycles. The molecule has 0 saturated heterocycles. The molecule has 0 radical (unpaired) electrons. The van der Waals surface area contributed by atoms with Gasteiger partial charge in [0.2, 0.25) is 0 Å². The minimum Gasteiger partial charge on any atom is -0.481 e. The number of nitrogens with two attached hydrogens (primary N) is 1. The molecule has 0 heterocycles. The molecular weight excluding hydrogens is 226 g/mol. The summed E-state index contributed by atoms with van der Waals surface area (Å²) in [5, 5.41) is 9.32. The molecule has 1 atom stereocenters. The number of carboxylic acid groups (broad SMARTS) is 1. The Labute approximate surface area is 106 Å². The van der Waals surface area contributed by atoms with Gasteiger partial charge in [0.05, 0.1) is 5.92 Å². The van der Waals surface area contributed by atoms with Gasteiger partial charge < -0.3 is 10.8 Å². The van der Waals surface area contributed by atoms with Crippen LogP contribution in [0.2, 0.25) is 0 Å². The van der Waals surface area contributed by atoms with Crippen molar-refractivity contribution in [2.75, 3.05) is 5.73 Å². The van der Waals surface area contributed by atoms with Gasteiger partial charge in [-0.2, -0.15) is 0 Å². The second kappa shape index (κ2) is 5.36. The molecule has 0 aliphatic rings. The van der Waals surface area contributed by atoms with E-state index in [9.17, 15) is 9.90 Å². The van der Waals surface area contributed by atoms with Crippen molar-refractivity contribution >= 4 is 11.7 Å². The topological polar surface area (TPSA) is 63.3 Å². The Bertz CT molecular complexity index is 520. The number of hydrogen-bond donors (Lipinski definition) is 2. The lowest BCUT2D eigenvalue weighted by molar-refractivity contribution is -0.138. The molecule has 3 nitrogen and oxygen atoms in total. The van der Waals surface area contributed by atoms with Crippen LogP contribution in [0, 0.1) is 0 Å². The van der Waals surface area contributed by atoms with Crippen molar-refractivity contribution in [2.45, 2.75) is 12.3 Å². The third kappa shape index (κ3) is 2.88. The lowest BCUT2D eigenvalue weighted by Gasteiger charge is -2.12. The maximum atomic E-state index is 11.3. The normalized spacial score (nSPS) is 12.0. The summed E-state index contributed by atoms with van der Waals surface area (Å²) in [6, 6.07) is 16.6. The number of aliphatic carboxylic acids is 1. The fourth-order valence-corrected chi connectivity index (χ4v) is 1.92. The van der Waals surface area contributed by atoms with E-state index in [0.717, 1.165) is 11.1 Å². The Morgan fingerprint density at radius 2 is 1.67 bits per heavy atom. The Morgan fingerprint density at radius 3 is 2.22 bits per heavy atom. The van der Waals surface area contributed by atoms with E-state index in [2.05, 4.69) is 0 Å². The highest BCUT2D eigenvalue weighted by Crippen LogP contribution is 2.21. The summed E-state index contributed by atoms with van der Waals surface area (Å²) in [5.41, 5.74) is 8.09. The predicted molar refractivity (Wildman–Crippen MR) is 71.4 cm³/mol. The number of hydrogen-bond acceptors (Lipinski definition) is 2. The van der Waals surface area contributed by atoms with Crippen LogP contribution in [0.3, 0.4) is 0 Å². The fourth-order valence-electron chi connectivity index (χ4n) is 1.92. The van der Waals surface area contributed by atoms with Crippen molar-refractivity contribution in [1.29, 1.82) is 0 Å². The van der Waals surface area contributed by atoms with E-state index < -0.39 is 11.9 Å². The average Bonchev–Trinajstić information content (AvgIpc) is 2.38. The quantitative estimate of drug-likeness (QED) is 0.809.